The summed E-state index contributed by atoms with van der Waals surface area (Å²) >= 11 is 1.41. The van der Waals surface area contributed by atoms with Crippen LogP contribution in [0.3, 0.4) is 0 Å². The second-order valence-electron chi connectivity index (χ2n) is 7.36. The molecule has 4 rings (SSSR count). The zero-order chi connectivity index (χ0) is 20.4. The van der Waals surface area contributed by atoms with Crippen molar-refractivity contribution < 1.29 is 19.1 Å². The molecule has 3 heterocycles. The van der Waals surface area contributed by atoms with Crippen molar-refractivity contribution in [3.05, 3.63) is 34.3 Å². The summed E-state index contributed by atoms with van der Waals surface area (Å²) in [7, 11) is 0. The minimum atomic E-state index is -0.119. The van der Waals surface area contributed by atoms with Crippen molar-refractivity contribution in [3.63, 3.8) is 0 Å². The van der Waals surface area contributed by atoms with Crippen LogP contribution in [0.25, 0.3) is 0 Å². The summed E-state index contributed by atoms with van der Waals surface area (Å²) in [6.45, 7) is 5.62. The average molecular weight is 416 g/mol. The number of nitrogens with one attached hydrogen (secondary N) is 1. The van der Waals surface area contributed by atoms with Gasteiger partial charge in [-0.2, -0.15) is 0 Å². The Morgan fingerprint density at radius 3 is 3.07 bits per heavy atom. The second-order valence-corrected chi connectivity index (χ2v) is 8.19. The Morgan fingerprint density at radius 2 is 2.31 bits per heavy atom. The summed E-state index contributed by atoms with van der Waals surface area (Å²) < 4.78 is 11.6. The summed E-state index contributed by atoms with van der Waals surface area (Å²) in [5.74, 6) is 1.64. The standard InChI is InChI=1S/C21H25N3O4S/c1-3-27-17-8-14-7-13(2)28-18(14)9-15(17)11-22-19(25)10-16-12-29-21(23-16)24-6-4-5-20(24)26/h8-9,12-13H,3-7,10-11H2,1-2H3,(H,22,25)/t13-/m0/s1. The van der Waals surface area contributed by atoms with E-state index in [4.69, 9.17) is 9.47 Å². The molecule has 29 heavy (non-hydrogen) atoms. The largest absolute Gasteiger partial charge is 0.494 e. The topological polar surface area (TPSA) is 80.8 Å². The van der Waals surface area contributed by atoms with Crippen molar-refractivity contribution in [2.45, 2.75) is 52.2 Å². The van der Waals surface area contributed by atoms with Gasteiger partial charge in [0.25, 0.3) is 0 Å². The van der Waals surface area contributed by atoms with Crippen LogP contribution in [0.15, 0.2) is 17.5 Å². The van der Waals surface area contributed by atoms with Gasteiger partial charge in [-0.25, -0.2) is 4.98 Å². The summed E-state index contributed by atoms with van der Waals surface area (Å²) in [6.07, 6.45) is 2.64. The number of thiazole rings is 1. The van der Waals surface area contributed by atoms with E-state index < -0.39 is 0 Å². The van der Waals surface area contributed by atoms with Crippen LogP contribution in [0.5, 0.6) is 11.5 Å². The number of anilines is 1. The van der Waals surface area contributed by atoms with Crippen LogP contribution < -0.4 is 19.7 Å². The molecule has 1 aromatic carbocycles. The summed E-state index contributed by atoms with van der Waals surface area (Å²) in [4.78, 5) is 30.4. The molecule has 0 spiro atoms. The van der Waals surface area contributed by atoms with Crippen LogP contribution in [0.1, 0.15) is 43.5 Å². The maximum atomic E-state index is 12.4. The third-order valence-electron chi connectivity index (χ3n) is 5.04. The van der Waals surface area contributed by atoms with Crippen molar-refractivity contribution in [2.24, 2.45) is 0 Å². The molecule has 154 valence electrons. The van der Waals surface area contributed by atoms with Gasteiger partial charge in [0.1, 0.15) is 17.6 Å². The van der Waals surface area contributed by atoms with Gasteiger partial charge in [-0.15, -0.1) is 11.3 Å². The number of aromatic nitrogens is 1. The van der Waals surface area contributed by atoms with Crippen molar-refractivity contribution in [1.82, 2.24) is 10.3 Å². The Hall–Kier alpha value is -2.61. The molecule has 1 atom stereocenters. The third-order valence-corrected chi connectivity index (χ3v) is 5.95. The van der Waals surface area contributed by atoms with Gasteiger partial charge in [0.2, 0.25) is 11.8 Å². The van der Waals surface area contributed by atoms with E-state index in [9.17, 15) is 9.59 Å². The minimum absolute atomic E-state index is 0.104. The van der Waals surface area contributed by atoms with Crippen molar-refractivity contribution in [3.8, 4) is 11.5 Å². The van der Waals surface area contributed by atoms with Gasteiger partial charge in [-0.05, 0) is 32.4 Å². The lowest BCUT2D eigenvalue weighted by atomic mass is 10.1. The molecule has 0 radical (unpaired) electrons. The Kier molecular flexibility index (Phi) is 5.71. The summed E-state index contributed by atoms with van der Waals surface area (Å²) in [6, 6.07) is 3.98. The lowest BCUT2D eigenvalue weighted by molar-refractivity contribution is -0.120. The van der Waals surface area contributed by atoms with Crippen molar-refractivity contribution in [1.29, 1.82) is 0 Å². The predicted molar refractivity (Wildman–Crippen MR) is 111 cm³/mol. The fraction of sp³-hybridized carbons (Fsp3) is 0.476. The molecule has 7 nitrogen and oxygen atoms in total. The predicted octanol–water partition coefficient (Wildman–Crippen LogP) is 2.85. The van der Waals surface area contributed by atoms with Gasteiger partial charge in [-0.3, -0.25) is 14.5 Å². The highest BCUT2D eigenvalue weighted by Gasteiger charge is 2.25. The second kappa shape index (κ2) is 8.41. The van der Waals surface area contributed by atoms with E-state index >= 15 is 0 Å². The third kappa shape index (κ3) is 4.37. The molecule has 2 aliphatic rings. The van der Waals surface area contributed by atoms with Crippen LogP contribution in [0, 0.1) is 0 Å². The van der Waals surface area contributed by atoms with E-state index in [0.717, 1.165) is 35.5 Å². The lowest BCUT2D eigenvalue weighted by Gasteiger charge is -2.13. The summed E-state index contributed by atoms with van der Waals surface area (Å²) in [5.41, 5.74) is 2.72. The van der Waals surface area contributed by atoms with E-state index in [0.29, 0.717) is 36.9 Å². The van der Waals surface area contributed by atoms with E-state index in [2.05, 4.69) is 10.3 Å². The minimum Gasteiger partial charge on any atom is -0.494 e. The highest BCUT2D eigenvalue weighted by atomic mass is 32.1. The number of hydrogen-bond donors (Lipinski definition) is 1. The van der Waals surface area contributed by atoms with Crippen LogP contribution in [-0.4, -0.2) is 36.1 Å². The Morgan fingerprint density at radius 1 is 1.45 bits per heavy atom. The molecule has 1 N–H and O–H groups in total. The van der Waals surface area contributed by atoms with Crippen LogP contribution in [0.2, 0.25) is 0 Å². The number of carbonyl (C=O) groups excluding carboxylic acids is 2. The average Bonchev–Trinajstić information content (AvgIpc) is 3.39. The molecule has 0 unspecified atom stereocenters. The number of hydrogen-bond acceptors (Lipinski definition) is 6. The smallest absolute Gasteiger partial charge is 0.228 e. The number of fused-ring (bicyclic) bond motifs is 1. The molecular weight excluding hydrogens is 390 g/mol. The van der Waals surface area contributed by atoms with Gasteiger partial charge in [0.15, 0.2) is 5.13 Å². The molecule has 2 amide bonds. The van der Waals surface area contributed by atoms with Crippen molar-refractivity contribution in [2.75, 3.05) is 18.1 Å². The highest BCUT2D eigenvalue weighted by molar-refractivity contribution is 7.14. The molecular formula is C21H25N3O4S. The molecule has 1 aromatic heterocycles. The van der Waals surface area contributed by atoms with E-state index in [1.165, 1.54) is 11.3 Å². The molecule has 1 saturated heterocycles. The number of ether oxygens (including phenoxy) is 2. The zero-order valence-electron chi connectivity index (χ0n) is 16.7. The van der Waals surface area contributed by atoms with E-state index in [1.54, 1.807) is 4.90 Å². The van der Waals surface area contributed by atoms with E-state index in [-0.39, 0.29) is 24.3 Å². The maximum absolute atomic E-state index is 12.4. The first-order chi connectivity index (χ1) is 14.0. The van der Waals surface area contributed by atoms with Gasteiger partial charge < -0.3 is 14.8 Å². The molecule has 0 aliphatic carbocycles. The van der Waals surface area contributed by atoms with Gasteiger partial charge >= 0.3 is 0 Å². The fourth-order valence-corrected chi connectivity index (χ4v) is 4.55. The Bertz CT molecular complexity index is 927. The number of nitrogens with zero attached hydrogens (tertiary/aromatic N) is 2. The number of rotatable bonds is 7. The quantitative estimate of drug-likeness (QED) is 0.752. The normalized spacial score (nSPS) is 17.9. The molecule has 2 aromatic rings. The first-order valence-corrected chi connectivity index (χ1v) is 10.9. The molecule has 0 saturated carbocycles. The van der Waals surface area contributed by atoms with Crippen LogP contribution in [0.4, 0.5) is 5.13 Å². The summed E-state index contributed by atoms with van der Waals surface area (Å²) in [5, 5.41) is 5.47. The Labute approximate surface area is 174 Å². The fourth-order valence-electron chi connectivity index (χ4n) is 3.68. The van der Waals surface area contributed by atoms with Gasteiger partial charge in [0.05, 0.1) is 18.7 Å². The Balaban J connectivity index is 1.38. The SMILES string of the molecule is CCOc1cc2c(cc1CNC(=O)Cc1csc(N3CCCC3=O)n1)O[C@@H](C)C2. The lowest BCUT2D eigenvalue weighted by Crippen LogP contribution is -2.25. The monoisotopic (exact) mass is 415 g/mol. The zero-order valence-corrected chi connectivity index (χ0v) is 17.5. The number of benzene rings is 1. The molecule has 1 fully saturated rings. The molecule has 2 aliphatic heterocycles. The van der Waals surface area contributed by atoms with Crippen LogP contribution >= 0.6 is 11.3 Å². The van der Waals surface area contributed by atoms with Gasteiger partial charge in [0, 0.05) is 42.4 Å². The number of carbonyl (C=O) groups is 2. The first-order valence-electron chi connectivity index (χ1n) is 10.00. The van der Waals surface area contributed by atoms with E-state index in [1.807, 2.05) is 31.4 Å². The number of amides is 2. The van der Waals surface area contributed by atoms with Crippen molar-refractivity contribution >= 4 is 28.3 Å². The van der Waals surface area contributed by atoms with Gasteiger partial charge in [-0.1, -0.05) is 0 Å². The highest BCUT2D eigenvalue weighted by Crippen LogP contribution is 2.35. The first kappa shape index (κ1) is 19.7. The maximum Gasteiger partial charge on any atom is 0.228 e. The van der Waals surface area contributed by atoms with Crippen LogP contribution in [-0.2, 0) is 29.0 Å². The molecule has 8 heteroatoms. The molecule has 0 bridgehead atoms.